The number of fused-ring (bicyclic) bond motifs is 2. The van der Waals surface area contributed by atoms with Crippen LogP contribution in [0.25, 0.3) is 22.4 Å². The summed E-state index contributed by atoms with van der Waals surface area (Å²) < 4.78 is 28.1. The molecule has 5 rings (SSSR count). The minimum absolute atomic E-state index is 0.242. The molecule has 0 radical (unpaired) electrons. The summed E-state index contributed by atoms with van der Waals surface area (Å²) in [4.78, 5) is 12.2. The highest BCUT2D eigenvalue weighted by molar-refractivity contribution is 6.33. The molecule has 2 aromatic heterocycles. The maximum absolute atomic E-state index is 9.88. The Morgan fingerprint density at radius 3 is 2.75 bits per heavy atom. The number of imidazole rings is 1. The van der Waals surface area contributed by atoms with E-state index in [2.05, 4.69) is 15.0 Å². The molecule has 4 heterocycles. The number of aromatic nitrogens is 3. The summed E-state index contributed by atoms with van der Waals surface area (Å²) in [5.74, 6) is 0.748. The molecule has 9 nitrogen and oxygen atoms in total. The number of nitrogens with one attached hydrogen (secondary N) is 1. The lowest BCUT2D eigenvalue weighted by molar-refractivity contribution is 0.00706. The third kappa shape index (κ3) is 4.26. The normalized spacial score (nSPS) is 24.7. The lowest BCUT2D eigenvalue weighted by Gasteiger charge is -2.15. The molecule has 3 aromatic rings. The van der Waals surface area contributed by atoms with E-state index in [0.717, 1.165) is 11.3 Å². The van der Waals surface area contributed by atoms with Crippen LogP contribution in [-0.4, -0.2) is 77.5 Å². The van der Waals surface area contributed by atoms with Gasteiger partial charge in [-0.05, 0) is 37.3 Å². The van der Waals surface area contributed by atoms with E-state index in [1.54, 1.807) is 6.07 Å². The molecule has 2 fully saturated rings. The first-order valence-electron chi connectivity index (χ1n) is 10.6. The standard InChI is InChI=1S/C22H24ClN3O6/c1-2-28-7-8-29-13-5-3-12(4-6-13)18-14(23)9-15-21(25-18)26-22(24-15)32-17-11-31-19-16(27)10-30-20(17)19/h3-6,9,16-17,19-20,27H,2,7-8,10-11H2,1H3,(H,24,25,26)/t16-,17-,19-,20-/m1/s1. The van der Waals surface area contributed by atoms with Crippen LogP contribution in [0.4, 0.5) is 0 Å². The van der Waals surface area contributed by atoms with Crippen molar-refractivity contribution in [2.45, 2.75) is 31.3 Å². The smallest absolute Gasteiger partial charge is 0.296 e. The Bertz CT molecular complexity index is 1080. The number of benzene rings is 1. The van der Waals surface area contributed by atoms with Gasteiger partial charge in [-0.1, -0.05) is 11.6 Å². The monoisotopic (exact) mass is 461 g/mol. The Morgan fingerprint density at radius 1 is 1.12 bits per heavy atom. The van der Waals surface area contributed by atoms with Crippen LogP contribution in [0.5, 0.6) is 11.8 Å². The molecule has 1 aromatic carbocycles. The van der Waals surface area contributed by atoms with Crippen LogP contribution in [-0.2, 0) is 14.2 Å². The van der Waals surface area contributed by atoms with Gasteiger partial charge in [-0.15, -0.1) is 0 Å². The van der Waals surface area contributed by atoms with Gasteiger partial charge < -0.3 is 33.8 Å². The second kappa shape index (κ2) is 9.21. The summed E-state index contributed by atoms with van der Waals surface area (Å²) in [5.41, 5.74) is 2.61. The molecule has 2 saturated heterocycles. The number of hydrogen-bond donors (Lipinski definition) is 2. The molecule has 2 aliphatic rings. The molecule has 0 unspecified atom stereocenters. The van der Waals surface area contributed by atoms with Crippen molar-refractivity contribution in [1.82, 2.24) is 15.0 Å². The van der Waals surface area contributed by atoms with Crippen molar-refractivity contribution in [2.24, 2.45) is 0 Å². The molecular weight excluding hydrogens is 438 g/mol. The van der Waals surface area contributed by atoms with Crippen molar-refractivity contribution in [2.75, 3.05) is 33.0 Å². The number of nitrogens with zero attached hydrogens (tertiary/aromatic N) is 2. The van der Waals surface area contributed by atoms with Gasteiger partial charge in [0, 0.05) is 12.2 Å². The molecule has 2 N–H and O–H groups in total. The SMILES string of the molecule is CCOCCOc1ccc(-c2nc3nc(O[C@@H]4CO[C@H]5[C@@H]4OC[C@H]5O)[nH]c3cc2Cl)cc1. The third-order valence-corrected chi connectivity index (χ3v) is 5.77. The van der Waals surface area contributed by atoms with E-state index in [1.165, 1.54) is 0 Å². The molecule has 0 saturated carbocycles. The van der Waals surface area contributed by atoms with Gasteiger partial charge in [0.25, 0.3) is 6.01 Å². The second-order valence-corrected chi connectivity index (χ2v) is 8.03. The highest BCUT2D eigenvalue weighted by Crippen LogP contribution is 2.32. The predicted molar refractivity (Wildman–Crippen MR) is 116 cm³/mol. The summed E-state index contributed by atoms with van der Waals surface area (Å²) in [6.45, 7) is 4.22. The van der Waals surface area contributed by atoms with Crippen molar-refractivity contribution in [3.8, 4) is 23.0 Å². The molecular formula is C22H24ClN3O6. The number of aliphatic hydroxyl groups is 1. The number of rotatable bonds is 8. The summed E-state index contributed by atoms with van der Waals surface area (Å²) >= 11 is 6.50. The van der Waals surface area contributed by atoms with Crippen molar-refractivity contribution in [3.05, 3.63) is 35.4 Å². The molecule has 4 atom stereocenters. The minimum atomic E-state index is -0.631. The van der Waals surface area contributed by atoms with Crippen LogP contribution in [0, 0.1) is 0 Å². The first-order valence-corrected chi connectivity index (χ1v) is 11.0. The maximum atomic E-state index is 9.88. The summed E-state index contributed by atoms with van der Waals surface area (Å²) in [5, 5.41) is 10.4. The van der Waals surface area contributed by atoms with Crippen LogP contribution in [0.15, 0.2) is 30.3 Å². The van der Waals surface area contributed by atoms with Crippen LogP contribution in [0.3, 0.4) is 0 Å². The first kappa shape index (κ1) is 21.4. The van der Waals surface area contributed by atoms with Crippen LogP contribution in [0.1, 0.15) is 6.92 Å². The lowest BCUT2D eigenvalue weighted by Crippen LogP contribution is -2.34. The van der Waals surface area contributed by atoms with E-state index in [1.807, 2.05) is 31.2 Å². The molecule has 0 aliphatic carbocycles. The molecule has 0 spiro atoms. The maximum Gasteiger partial charge on any atom is 0.296 e. The zero-order valence-electron chi connectivity index (χ0n) is 17.5. The molecule has 2 aliphatic heterocycles. The van der Waals surface area contributed by atoms with Gasteiger partial charge in [-0.2, -0.15) is 4.98 Å². The van der Waals surface area contributed by atoms with Gasteiger partial charge >= 0.3 is 0 Å². The molecule has 0 amide bonds. The Balaban J connectivity index is 1.30. The van der Waals surface area contributed by atoms with Crippen molar-refractivity contribution in [1.29, 1.82) is 0 Å². The van der Waals surface area contributed by atoms with Gasteiger partial charge in [0.1, 0.15) is 30.7 Å². The van der Waals surface area contributed by atoms with Gasteiger partial charge in [-0.3, -0.25) is 0 Å². The van der Waals surface area contributed by atoms with Crippen LogP contribution >= 0.6 is 11.6 Å². The van der Waals surface area contributed by atoms with E-state index < -0.39 is 6.10 Å². The number of aliphatic hydroxyl groups excluding tert-OH is 1. The fourth-order valence-electron chi connectivity index (χ4n) is 3.91. The Hall–Kier alpha value is -2.43. The highest BCUT2D eigenvalue weighted by Gasteiger charge is 2.48. The molecule has 0 bridgehead atoms. The Labute approximate surface area is 189 Å². The zero-order chi connectivity index (χ0) is 22.1. The summed E-state index contributed by atoms with van der Waals surface area (Å²) in [6.07, 6.45) is -1.68. The number of halogens is 1. The van der Waals surface area contributed by atoms with Crippen molar-refractivity contribution in [3.63, 3.8) is 0 Å². The predicted octanol–water partition coefficient (Wildman–Crippen LogP) is 2.60. The van der Waals surface area contributed by atoms with Crippen LogP contribution in [0.2, 0.25) is 5.02 Å². The molecule has 32 heavy (non-hydrogen) atoms. The average molecular weight is 462 g/mol. The van der Waals surface area contributed by atoms with Crippen molar-refractivity contribution < 1.29 is 28.8 Å². The van der Waals surface area contributed by atoms with E-state index in [4.69, 9.17) is 35.3 Å². The fourth-order valence-corrected chi connectivity index (χ4v) is 4.17. The second-order valence-electron chi connectivity index (χ2n) is 7.62. The van der Waals surface area contributed by atoms with Gasteiger partial charge in [0.05, 0.1) is 36.1 Å². The quantitative estimate of drug-likeness (QED) is 0.493. The summed E-state index contributed by atoms with van der Waals surface area (Å²) in [7, 11) is 0. The van der Waals surface area contributed by atoms with E-state index in [-0.39, 0.29) is 24.9 Å². The number of pyridine rings is 1. The number of aromatic amines is 1. The minimum Gasteiger partial charge on any atom is -0.491 e. The van der Waals surface area contributed by atoms with Gasteiger partial charge in [-0.25, -0.2) is 4.98 Å². The van der Waals surface area contributed by atoms with Gasteiger partial charge in [0.15, 0.2) is 11.8 Å². The topological polar surface area (TPSA) is 108 Å². The molecule has 10 heteroatoms. The highest BCUT2D eigenvalue weighted by atomic mass is 35.5. The van der Waals surface area contributed by atoms with Crippen LogP contribution < -0.4 is 9.47 Å². The van der Waals surface area contributed by atoms with Gasteiger partial charge in [0.2, 0.25) is 0 Å². The number of H-pyrrole nitrogens is 1. The lowest BCUT2D eigenvalue weighted by atomic mass is 10.1. The largest absolute Gasteiger partial charge is 0.491 e. The number of ether oxygens (including phenoxy) is 5. The first-order chi connectivity index (χ1) is 15.6. The summed E-state index contributed by atoms with van der Waals surface area (Å²) in [6, 6.07) is 9.62. The van der Waals surface area contributed by atoms with E-state index >= 15 is 0 Å². The fraction of sp³-hybridized carbons (Fsp3) is 0.455. The molecule has 170 valence electrons. The van der Waals surface area contributed by atoms with E-state index in [0.29, 0.717) is 54.3 Å². The van der Waals surface area contributed by atoms with E-state index in [9.17, 15) is 5.11 Å². The Morgan fingerprint density at radius 2 is 1.94 bits per heavy atom. The Kier molecular flexibility index (Phi) is 6.16. The zero-order valence-corrected chi connectivity index (χ0v) is 18.2. The van der Waals surface area contributed by atoms with Crippen molar-refractivity contribution >= 4 is 22.8 Å². The number of hydrogen-bond acceptors (Lipinski definition) is 8. The average Bonchev–Trinajstić information content (AvgIpc) is 3.48. The third-order valence-electron chi connectivity index (χ3n) is 5.48.